The van der Waals surface area contributed by atoms with Crippen molar-refractivity contribution in [1.82, 2.24) is 10.6 Å². The maximum atomic E-state index is 11.8. The molecule has 4 nitrogen and oxygen atoms in total. The molecule has 5 heteroatoms. The van der Waals surface area contributed by atoms with Crippen LogP contribution in [0.25, 0.3) is 0 Å². The number of rotatable bonds is 8. The topological polar surface area (TPSA) is 50.4 Å². The number of nitrogens with one attached hydrogen (secondary N) is 2. The normalized spacial score (nSPS) is 13.6. The van der Waals surface area contributed by atoms with E-state index in [0.29, 0.717) is 10.8 Å². The fourth-order valence-electron chi connectivity index (χ4n) is 2.11. The van der Waals surface area contributed by atoms with Crippen LogP contribution >= 0.6 is 11.6 Å². The Balaban J connectivity index is 2.64. The molecular weight excluding hydrogens is 288 g/mol. The van der Waals surface area contributed by atoms with Crippen molar-refractivity contribution in [2.45, 2.75) is 45.7 Å². The summed E-state index contributed by atoms with van der Waals surface area (Å²) in [7, 11) is 1.87. The van der Waals surface area contributed by atoms with Gasteiger partial charge in [-0.1, -0.05) is 24.9 Å². The van der Waals surface area contributed by atoms with Gasteiger partial charge >= 0.3 is 0 Å². The molecule has 21 heavy (non-hydrogen) atoms. The van der Waals surface area contributed by atoms with Crippen LogP contribution in [-0.4, -0.2) is 25.6 Å². The number of amides is 1. The Morgan fingerprint density at radius 2 is 2.10 bits per heavy atom. The fourth-order valence-corrected chi connectivity index (χ4v) is 2.29. The fraction of sp³-hybridized carbons (Fsp3) is 0.562. The summed E-state index contributed by atoms with van der Waals surface area (Å²) < 4.78 is 5.65. The third kappa shape index (κ3) is 5.94. The monoisotopic (exact) mass is 312 g/mol. The molecule has 2 N–H and O–H groups in total. The van der Waals surface area contributed by atoms with Crippen LogP contribution in [0.3, 0.4) is 0 Å². The van der Waals surface area contributed by atoms with Gasteiger partial charge in [0.2, 0.25) is 0 Å². The van der Waals surface area contributed by atoms with E-state index in [0.717, 1.165) is 18.4 Å². The van der Waals surface area contributed by atoms with Gasteiger partial charge in [-0.2, -0.15) is 0 Å². The highest BCUT2D eigenvalue weighted by atomic mass is 35.5. The van der Waals surface area contributed by atoms with E-state index >= 15 is 0 Å². The predicted octanol–water partition coefficient (Wildman–Crippen LogP) is 3.30. The molecule has 118 valence electrons. The molecule has 0 aliphatic carbocycles. The van der Waals surface area contributed by atoms with Gasteiger partial charge in [0.1, 0.15) is 5.75 Å². The van der Waals surface area contributed by atoms with Gasteiger partial charge in [-0.15, -0.1) is 0 Å². The Bertz CT molecular complexity index is 466. The summed E-state index contributed by atoms with van der Waals surface area (Å²) in [6.45, 7) is 6.12. The summed E-state index contributed by atoms with van der Waals surface area (Å²) >= 11 is 6.02. The molecule has 1 amide bonds. The first kappa shape index (κ1) is 17.8. The Kier molecular flexibility index (Phi) is 7.54. The van der Waals surface area contributed by atoms with Crippen molar-refractivity contribution in [1.29, 1.82) is 0 Å². The summed E-state index contributed by atoms with van der Waals surface area (Å²) in [6.07, 6.45) is 2.01. The standard InChI is InChI=1S/C16H25ClN2O2/c1-5-6-11(2)19-16(20)10-21-15-8-7-13(17)9-14(15)12(3)18-4/h7-9,11-12,18H,5-6,10H2,1-4H3,(H,19,20). The van der Waals surface area contributed by atoms with E-state index in [1.165, 1.54) is 0 Å². The Labute approximate surface area is 132 Å². The molecule has 1 aromatic rings. The molecule has 0 fully saturated rings. The number of benzene rings is 1. The van der Waals surface area contributed by atoms with E-state index in [9.17, 15) is 4.79 Å². The minimum Gasteiger partial charge on any atom is -0.483 e. The SMILES string of the molecule is CCCC(C)NC(=O)COc1ccc(Cl)cc1C(C)NC. The van der Waals surface area contributed by atoms with Crippen LogP contribution in [0.15, 0.2) is 18.2 Å². The lowest BCUT2D eigenvalue weighted by atomic mass is 10.1. The van der Waals surface area contributed by atoms with Gasteiger partial charge in [-0.25, -0.2) is 0 Å². The minimum atomic E-state index is -0.103. The number of hydrogen-bond acceptors (Lipinski definition) is 3. The van der Waals surface area contributed by atoms with Crippen LogP contribution in [0, 0.1) is 0 Å². The van der Waals surface area contributed by atoms with Crippen LogP contribution in [0.5, 0.6) is 5.75 Å². The minimum absolute atomic E-state index is 0.0130. The molecule has 2 atom stereocenters. The van der Waals surface area contributed by atoms with Gasteiger partial charge in [0.25, 0.3) is 5.91 Å². The lowest BCUT2D eigenvalue weighted by molar-refractivity contribution is -0.123. The van der Waals surface area contributed by atoms with Gasteiger partial charge in [0.15, 0.2) is 6.61 Å². The largest absolute Gasteiger partial charge is 0.483 e. The number of carbonyl (C=O) groups excluding carboxylic acids is 1. The third-order valence-corrected chi connectivity index (χ3v) is 3.59. The molecule has 0 aliphatic rings. The van der Waals surface area contributed by atoms with Crippen LogP contribution < -0.4 is 15.4 Å². The summed E-state index contributed by atoms with van der Waals surface area (Å²) in [5, 5.41) is 6.72. The highest BCUT2D eigenvalue weighted by molar-refractivity contribution is 6.30. The second kappa shape index (κ2) is 8.90. The Morgan fingerprint density at radius 3 is 2.71 bits per heavy atom. The number of hydrogen-bond donors (Lipinski definition) is 2. The van der Waals surface area contributed by atoms with E-state index in [2.05, 4.69) is 17.6 Å². The van der Waals surface area contributed by atoms with Crippen LogP contribution in [0.1, 0.15) is 45.2 Å². The molecule has 0 bridgehead atoms. The Hall–Kier alpha value is -1.26. The molecule has 1 rings (SSSR count). The van der Waals surface area contributed by atoms with Crippen molar-refractivity contribution in [2.24, 2.45) is 0 Å². The first-order valence-corrected chi connectivity index (χ1v) is 7.74. The molecule has 1 aromatic carbocycles. The van der Waals surface area contributed by atoms with Gasteiger partial charge < -0.3 is 15.4 Å². The van der Waals surface area contributed by atoms with E-state index in [4.69, 9.17) is 16.3 Å². The van der Waals surface area contributed by atoms with E-state index in [1.807, 2.05) is 27.0 Å². The number of halogens is 1. The van der Waals surface area contributed by atoms with Crippen molar-refractivity contribution < 1.29 is 9.53 Å². The molecule has 0 spiro atoms. The first-order chi connectivity index (χ1) is 9.97. The van der Waals surface area contributed by atoms with Crippen molar-refractivity contribution in [3.63, 3.8) is 0 Å². The predicted molar refractivity (Wildman–Crippen MR) is 86.9 cm³/mol. The van der Waals surface area contributed by atoms with Crippen molar-refractivity contribution in [3.8, 4) is 5.75 Å². The molecule has 0 saturated carbocycles. The number of ether oxygens (including phenoxy) is 1. The van der Waals surface area contributed by atoms with Gasteiger partial charge in [-0.05, 0) is 45.5 Å². The maximum Gasteiger partial charge on any atom is 0.258 e. The van der Waals surface area contributed by atoms with Crippen LogP contribution in [0.4, 0.5) is 0 Å². The average molecular weight is 313 g/mol. The van der Waals surface area contributed by atoms with Gasteiger partial charge in [0.05, 0.1) is 0 Å². The zero-order valence-electron chi connectivity index (χ0n) is 13.2. The summed E-state index contributed by atoms with van der Waals surface area (Å²) in [5.41, 5.74) is 0.944. The third-order valence-electron chi connectivity index (χ3n) is 3.36. The summed E-state index contributed by atoms with van der Waals surface area (Å²) in [5.74, 6) is 0.577. The lowest BCUT2D eigenvalue weighted by Gasteiger charge is -2.18. The van der Waals surface area contributed by atoms with Crippen LogP contribution in [0.2, 0.25) is 5.02 Å². The highest BCUT2D eigenvalue weighted by Crippen LogP contribution is 2.28. The smallest absolute Gasteiger partial charge is 0.258 e. The van der Waals surface area contributed by atoms with Crippen LogP contribution in [-0.2, 0) is 4.79 Å². The molecule has 0 saturated heterocycles. The summed E-state index contributed by atoms with van der Waals surface area (Å²) in [6, 6.07) is 5.69. The second-order valence-electron chi connectivity index (χ2n) is 5.24. The van der Waals surface area contributed by atoms with E-state index < -0.39 is 0 Å². The molecule has 0 radical (unpaired) electrons. The second-order valence-corrected chi connectivity index (χ2v) is 5.67. The highest BCUT2D eigenvalue weighted by Gasteiger charge is 2.13. The lowest BCUT2D eigenvalue weighted by Crippen LogP contribution is -2.36. The van der Waals surface area contributed by atoms with E-state index in [-0.39, 0.29) is 24.6 Å². The quantitative estimate of drug-likeness (QED) is 0.774. The number of carbonyl (C=O) groups is 1. The maximum absolute atomic E-state index is 11.8. The molecule has 0 aromatic heterocycles. The average Bonchev–Trinajstić information content (AvgIpc) is 2.45. The molecule has 2 unspecified atom stereocenters. The molecule has 0 aliphatic heterocycles. The van der Waals surface area contributed by atoms with Crippen molar-refractivity contribution in [2.75, 3.05) is 13.7 Å². The Morgan fingerprint density at radius 1 is 1.38 bits per heavy atom. The zero-order valence-corrected chi connectivity index (χ0v) is 14.0. The van der Waals surface area contributed by atoms with Crippen molar-refractivity contribution in [3.05, 3.63) is 28.8 Å². The molecular formula is C16H25ClN2O2. The first-order valence-electron chi connectivity index (χ1n) is 7.36. The zero-order chi connectivity index (χ0) is 15.8. The van der Waals surface area contributed by atoms with Crippen molar-refractivity contribution >= 4 is 17.5 Å². The van der Waals surface area contributed by atoms with E-state index in [1.54, 1.807) is 12.1 Å². The summed E-state index contributed by atoms with van der Waals surface area (Å²) in [4.78, 5) is 11.8. The molecule has 0 heterocycles. The van der Waals surface area contributed by atoms with Gasteiger partial charge in [-0.3, -0.25) is 4.79 Å². The van der Waals surface area contributed by atoms with Gasteiger partial charge in [0, 0.05) is 22.7 Å².